The van der Waals surface area contributed by atoms with Gasteiger partial charge in [0.25, 0.3) is 5.69 Å². The number of aromatic nitrogens is 1. The van der Waals surface area contributed by atoms with Crippen molar-refractivity contribution in [1.82, 2.24) is 14.8 Å². The molecule has 4 rings (SSSR count). The predicted molar refractivity (Wildman–Crippen MR) is 118 cm³/mol. The van der Waals surface area contributed by atoms with Gasteiger partial charge in [-0.2, -0.15) is 0 Å². The zero-order valence-corrected chi connectivity index (χ0v) is 17.5. The van der Waals surface area contributed by atoms with Crippen molar-refractivity contribution in [3.05, 3.63) is 69.2 Å². The fraction of sp³-hybridized carbons (Fsp3) is 0.364. The number of nitrogens with zero attached hydrogens (tertiary/aromatic N) is 4. The number of hydrogen-bond acceptors (Lipinski definition) is 6. The van der Waals surface area contributed by atoms with Gasteiger partial charge < -0.3 is 4.90 Å². The Morgan fingerprint density at radius 2 is 1.90 bits per heavy atom. The molecule has 2 aromatic carbocycles. The van der Waals surface area contributed by atoms with Gasteiger partial charge in [-0.05, 0) is 30.5 Å². The van der Waals surface area contributed by atoms with E-state index in [0.717, 1.165) is 42.0 Å². The van der Waals surface area contributed by atoms with Crippen molar-refractivity contribution >= 4 is 33.1 Å². The molecular formula is C22H24N4O3S. The molecule has 2 heterocycles. The molecule has 7 nitrogen and oxygen atoms in total. The highest BCUT2D eigenvalue weighted by Gasteiger charge is 2.21. The molecule has 0 unspecified atom stereocenters. The number of non-ortho nitro benzene ring substituents is 1. The summed E-state index contributed by atoms with van der Waals surface area (Å²) in [7, 11) is 0. The molecule has 0 bridgehead atoms. The maximum Gasteiger partial charge on any atom is 0.269 e. The highest BCUT2D eigenvalue weighted by Crippen LogP contribution is 2.23. The number of carbonyl (C=O) groups excluding carboxylic acids is 1. The number of fused-ring (bicyclic) bond motifs is 1. The zero-order valence-electron chi connectivity index (χ0n) is 16.7. The minimum Gasteiger partial charge on any atom is -0.340 e. The van der Waals surface area contributed by atoms with Crippen LogP contribution in [-0.4, -0.2) is 51.8 Å². The quantitative estimate of drug-likeness (QED) is 0.425. The minimum atomic E-state index is -0.367. The number of para-hydroxylation sites is 1. The van der Waals surface area contributed by atoms with E-state index < -0.39 is 0 Å². The van der Waals surface area contributed by atoms with E-state index in [0.29, 0.717) is 26.1 Å². The lowest BCUT2D eigenvalue weighted by Gasteiger charge is -2.34. The predicted octanol–water partition coefficient (Wildman–Crippen LogP) is 3.87. The Bertz CT molecular complexity index is 1010. The van der Waals surface area contributed by atoms with Gasteiger partial charge in [0.2, 0.25) is 5.91 Å². The Morgan fingerprint density at radius 1 is 1.10 bits per heavy atom. The second-order valence-electron chi connectivity index (χ2n) is 7.51. The number of aryl methyl sites for hydroxylation is 1. The number of rotatable bonds is 7. The summed E-state index contributed by atoms with van der Waals surface area (Å²) < 4.78 is 1.19. The van der Waals surface area contributed by atoms with Crippen LogP contribution >= 0.6 is 11.3 Å². The summed E-state index contributed by atoms with van der Waals surface area (Å²) in [6, 6.07) is 14.9. The minimum absolute atomic E-state index is 0.120. The molecule has 0 aliphatic carbocycles. The maximum atomic E-state index is 12.6. The van der Waals surface area contributed by atoms with E-state index >= 15 is 0 Å². The lowest BCUT2D eigenvalue weighted by molar-refractivity contribution is -0.384. The van der Waals surface area contributed by atoms with Gasteiger partial charge in [-0.15, -0.1) is 11.3 Å². The van der Waals surface area contributed by atoms with E-state index in [1.54, 1.807) is 23.5 Å². The van der Waals surface area contributed by atoms with Crippen LogP contribution in [0.2, 0.25) is 0 Å². The lowest BCUT2D eigenvalue weighted by Crippen LogP contribution is -2.48. The molecule has 0 saturated carbocycles. The second-order valence-corrected chi connectivity index (χ2v) is 8.63. The first-order valence-electron chi connectivity index (χ1n) is 10.2. The van der Waals surface area contributed by atoms with Gasteiger partial charge in [0, 0.05) is 51.3 Å². The monoisotopic (exact) mass is 424 g/mol. The highest BCUT2D eigenvalue weighted by atomic mass is 32.1. The fourth-order valence-corrected chi connectivity index (χ4v) is 4.77. The van der Waals surface area contributed by atoms with Crippen LogP contribution in [-0.2, 0) is 17.8 Å². The third kappa shape index (κ3) is 5.01. The first kappa shape index (κ1) is 20.4. The molecule has 8 heteroatoms. The van der Waals surface area contributed by atoms with Crippen LogP contribution in [0.3, 0.4) is 0 Å². The van der Waals surface area contributed by atoms with E-state index in [9.17, 15) is 14.9 Å². The third-order valence-corrected chi connectivity index (χ3v) is 6.47. The smallest absolute Gasteiger partial charge is 0.269 e. The van der Waals surface area contributed by atoms with Gasteiger partial charge >= 0.3 is 0 Å². The summed E-state index contributed by atoms with van der Waals surface area (Å²) in [5.74, 6) is 0.200. The first-order chi connectivity index (χ1) is 14.6. The number of carbonyl (C=O) groups is 1. The molecule has 1 fully saturated rings. The van der Waals surface area contributed by atoms with Crippen molar-refractivity contribution < 1.29 is 9.72 Å². The highest BCUT2D eigenvalue weighted by molar-refractivity contribution is 7.18. The molecule has 1 saturated heterocycles. The normalized spacial score (nSPS) is 14.9. The fourth-order valence-electron chi connectivity index (χ4n) is 3.76. The molecule has 1 aliphatic rings. The molecule has 0 spiro atoms. The Balaban J connectivity index is 1.21. The largest absolute Gasteiger partial charge is 0.340 e. The standard InChI is InChI=1S/C22H24N4O3S/c27-22(10-4-9-21-23-19-7-1-2-8-20(19)30-21)25-13-11-24(12-14-25)16-17-5-3-6-18(15-17)26(28)29/h1-3,5-8,15H,4,9-14,16H2. The van der Waals surface area contributed by atoms with Gasteiger partial charge in [-0.3, -0.25) is 19.8 Å². The van der Waals surface area contributed by atoms with Gasteiger partial charge in [-0.25, -0.2) is 4.98 Å². The number of nitro groups is 1. The summed E-state index contributed by atoms with van der Waals surface area (Å²) in [5.41, 5.74) is 2.08. The number of hydrogen-bond donors (Lipinski definition) is 0. The number of amides is 1. The molecule has 0 radical (unpaired) electrons. The Labute approximate surface area is 179 Å². The summed E-state index contributed by atoms with van der Waals surface area (Å²) >= 11 is 1.70. The average Bonchev–Trinajstić information content (AvgIpc) is 3.17. The Hall–Kier alpha value is -2.84. The summed E-state index contributed by atoms with van der Waals surface area (Å²) in [5, 5.41) is 12.0. The number of piperazine rings is 1. The zero-order chi connectivity index (χ0) is 20.9. The summed E-state index contributed by atoms with van der Waals surface area (Å²) in [6.45, 7) is 3.64. The summed E-state index contributed by atoms with van der Waals surface area (Å²) in [4.78, 5) is 31.9. The van der Waals surface area contributed by atoms with Crippen molar-refractivity contribution in [2.75, 3.05) is 26.2 Å². The van der Waals surface area contributed by atoms with Gasteiger partial charge in [-0.1, -0.05) is 24.3 Å². The van der Waals surface area contributed by atoms with Crippen LogP contribution in [0.5, 0.6) is 0 Å². The molecule has 30 heavy (non-hydrogen) atoms. The maximum absolute atomic E-state index is 12.6. The van der Waals surface area contributed by atoms with E-state index in [4.69, 9.17) is 0 Å². The van der Waals surface area contributed by atoms with Crippen LogP contribution in [0.1, 0.15) is 23.4 Å². The van der Waals surface area contributed by atoms with Crippen molar-refractivity contribution in [3.63, 3.8) is 0 Å². The topological polar surface area (TPSA) is 79.6 Å². The molecular weight excluding hydrogens is 400 g/mol. The van der Waals surface area contributed by atoms with E-state index in [2.05, 4.69) is 16.0 Å². The molecule has 1 amide bonds. The Kier molecular flexibility index (Phi) is 6.35. The van der Waals surface area contributed by atoms with Crippen LogP contribution in [0.4, 0.5) is 5.69 Å². The second kappa shape index (κ2) is 9.32. The molecule has 1 aromatic heterocycles. The van der Waals surface area contributed by atoms with Crippen LogP contribution in [0, 0.1) is 10.1 Å². The molecule has 0 N–H and O–H groups in total. The van der Waals surface area contributed by atoms with Crippen LogP contribution in [0.25, 0.3) is 10.2 Å². The van der Waals surface area contributed by atoms with Gasteiger partial charge in [0.1, 0.15) is 0 Å². The average molecular weight is 425 g/mol. The Morgan fingerprint density at radius 3 is 2.67 bits per heavy atom. The first-order valence-corrected chi connectivity index (χ1v) is 11.0. The molecule has 156 valence electrons. The molecule has 3 aromatic rings. The van der Waals surface area contributed by atoms with E-state index in [-0.39, 0.29) is 16.5 Å². The van der Waals surface area contributed by atoms with Crippen LogP contribution in [0.15, 0.2) is 48.5 Å². The van der Waals surface area contributed by atoms with E-state index in [1.165, 1.54) is 10.8 Å². The van der Waals surface area contributed by atoms with E-state index in [1.807, 2.05) is 29.2 Å². The third-order valence-electron chi connectivity index (χ3n) is 5.37. The van der Waals surface area contributed by atoms with Crippen molar-refractivity contribution in [1.29, 1.82) is 0 Å². The van der Waals surface area contributed by atoms with Crippen LogP contribution < -0.4 is 0 Å². The number of nitro benzene ring substituents is 1. The summed E-state index contributed by atoms with van der Waals surface area (Å²) in [6.07, 6.45) is 2.19. The van der Waals surface area contributed by atoms with Gasteiger partial charge in [0.15, 0.2) is 0 Å². The van der Waals surface area contributed by atoms with Crippen molar-refractivity contribution in [2.24, 2.45) is 0 Å². The van der Waals surface area contributed by atoms with Crippen molar-refractivity contribution in [2.45, 2.75) is 25.8 Å². The molecule has 0 atom stereocenters. The molecule has 1 aliphatic heterocycles. The lowest BCUT2D eigenvalue weighted by atomic mass is 10.1. The van der Waals surface area contributed by atoms with Gasteiger partial charge in [0.05, 0.1) is 20.1 Å². The SMILES string of the molecule is O=C(CCCc1nc2ccccc2s1)N1CCN(Cc2cccc([N+](=O)[O-])c2)CC1. The number of benzene rings is 2. The number of thiazole rings is 1. The van der Waals surface area contributed by atoms with Crippen molar-refractivity contribution in [3.8, 4) is 0 Å².